The van der Waals surface area contributed by atoms with Crippen molar-refractivity contribution in [2.75, 3.05) is 0 Å². The van der Waals surface area contributed by atoms with Crippen molar-refractivity contribution in [2.45, 2.75) is 0 Å². The summed E-state index contributed by atoms with van der Waals surface area (Å²) in [6, 6.07) is 0. The van der Waals surface area contributed by atoms with Crippen LogP contribution in [0, 0.1) is 0 Å². The molecule has 2 N–H and O–H groups in total. The molecule has 0 spiro atoms. The number of hydrogen-bond donors (Lipinski definition) is 0. The zero-order valence-electron chi connectivity index (χ0n) is 2.02. The summed E-state index contributed by atoms with van der Waals surface area (Å²) in [6.45, 7) is 0. The molecule has 0 amide bonds. The van der Waals surface area contributed by atoms with E-state index >= 15 is 0 Å². The van der Waals surface area contributed by atoms with Gasteiger partial charge in [-0.25, -0.2) is 0 Å². The van der Waals surface area contributed by atoms with Crippen LogP contribution in [0.4, 0.5) is 0 Å². The number of halogens is 2. The van der Waals surface area contributed by atoms with Crippen molar-refractivity contribution < 1.29 is 5.48 Å². The topological polar surface area (TPSA) is 31.5 Å². The Balaban J connectivity index is 0. The Hall–Kier alpha value is 2.11. The first-order valence-corrected chi connectivity index (χ1v) is 0. The Labute approximate surface area is 77.7 Å². The third-order valence-electron chi connectivity index (χ3n) is 0. The largest absolute Gasteiger partial charge is 0.412 e. The maximum absolute atomic E-state index is 0. The van der Waals surface area contributed by atoms with Gasteiger partial charge in [-0.2, -0.15) is 0 Å². The molecule has 0 saturated heterocycles. The summed E-state index contributed by atoms with van der Waals surface area (Å²) >= 11 is 0. The summed E-state index contributed by atoms with van der Waals surface area (Å²) in [4.78, 5) is 0. The van der Waals surface area contributed by atoms with E-state index in [-0.39, 0.29) is 79.2 Å². The molecule has 0 atom stereocenters. The molecular weight excluding hydrogens is 224 g/mol. The summed E-state index contributed by atoms with van der Waals surface area (Å²) in [5, 5.41) is 0. The molecule has 0 unspecified atom stereocenters. The summed E-state index contributed by atoms with van der Waals surface area (Å²) < 4.78 is 0. The second-order valence-electron chi connectivity index (χ2n) is 0. The van der Waals surface area contributed by atoms with Crippen LogP contribution in [0.5, 0.6) is 0 Å². The minimum atomic E-state index is 0. The van der Waals surface area contributed by atoms with E-state index in [2.05, 4.69) is 0 Å². The minimum Gasteiger partial charge on any atom is -0.412 e. The predicted molar refractivity (Wildman–Crippen MR) is 23.9 cm³/mol. The van der Waals surface area contributed by atoms with Gasteiger partial charge < -0.3 is 5.48 Å². The van der Waals surface area contributed by atoms with Crippen LogP contribution >= 0.6 is 24.8 Å². The molecule has 2 radical (unpaired) electrons. The van der Waals surface area contributed by atoms with Crippen LogP contribution < -0.4 is 0 Å². The van der Waals surface area contributed by atoms with E-state index < -0.39 is 0 Å². The van der Waals surface area contributed by atoms with Crippen LogP contribution in [0.1, 0.15) is 0 Å². The molecule has 0 aliphatic rings. The Morgan fingerprint density at radius 1 is 0.750 bits per heavy atom. The maximum atomic E-state index is 0. The van der Waals surface area contributed by atoms with Gasteiger partial charge in [0.05, 0.1) is 0 Å². The second kappa shape index (κ2) is 19.4. The third-order valence-corrected chi connectivity index (χ3v) is 0. The first-order valence-electron chi connectivity index (χ1n) is 0. The third kappa shape index (κ3) is 8.93. The van der Waals surface area contributed by atoms with Gasteiger partial charge in [-0.3, -0.25) is 0 Å². The number of hydrogen-bond acceptors (Lipinski definition) is 0. The molecule has 1 nitrogen and oxygen atoms in total. The molecule has 0 aromatic heterocycles. The molecule has 0 aromatic carbocycles. The van der Waals surface area contributed by atoms with Crippen molar-refractivity contribution in [3.8, 4) is 0 Å². The summed E-state index contributed by atoms with van der Waals surface area (Å²) in [7, 11) is 0. The van der Waals surface area contributed by atoms with E-state index in [9.17, 15) is 0 Å². The van der Waals surface area contributed by atoms with Crippen LogP contribution in [0.2, 0.25) is 0 Å². The van der Waals surface area contributed by atoms with Crippen LogP contribution in [0.15, 0.2) is 0 Å². The first kappa shape index (κ1) is 35.8. The Morgan fingerprint density at radius 2 is 0.750 bits per heavy atom. The Kier molecular flexibility index (Phi) is 174. The van der Waals surface area contributed by atoms with Gasteiger partial charge in [0.25, 0.3) is 0 Å². The first-order chi connectivity index (χ1) is 0. The summed E-state index contributed by atoms with van der Waals surface area (Å²) in [5.74, 6) is 0. The standard InChI is InChI=1S/Ba.2ClH.H2O/h;2*1H;1H2. The van der Waals surface area contributed by atoms with Gasteiger partial charge in [-0.05, 0) is 0 Å². The van der Waals surface area contributed by atoms with Crippen LogP contribution in [-0.4, -0.2) is 54.4 Å². The van der Waals surface area contributed by atoms with Gasteiger partial charge >= 0.3 is 0 Å². The predicted octanol–water partition coefficient (Wildman–Crippen LogP) is -0.362. The fourth-order valence-corrected chi connectivity index (χ4v) is 0. The van der Waals surface area contributed by atoms with E-state index in [4.69, 9.17) is 0 Å². The van der Waals surface area contributed by atoms with E-state index in [0.717, 1.165) is 0 Å². The van der Waals surface area contributed by atoms with Crippen LogP contribution in [0.25, 0.3) is 0 Å². The molecule has 0 fully saturated rings. The molecule has 0 aliphatic heterocycles. The quantitative estimate of drug-likeness (QED) is 0.507. The van der Waals surface area contributed by atoms with E-state index in [1.54, 1.807) is 0 Å². The van der Waals surface area contributed by atoms with Gasteiger partial charge in [0, 0.05) is 48.9 Å². The Morgan fingerprint density at radius 3 is 0.750 bits per heavy atom. The van der Waals surface area contributed by atoms with E-state index in [1.807, 2.05) is 0 Å². The van der Waals surface area contributed by atoms with Crippen molar-refractivity contribution >= 4 is 73.7 Å². The fraction of sp³-hybridized carbons (Fsp3) is 0. The summed E-state index contributed by atoms with van der Waals surface area (Å²) in [6.07, 6.45) is 0. The van der Waals surface area contributed by atoms with Crippen molar-refractivity contribution in [1.82, 2.24) is 0 Å². The average Bonchev–Trinajstić information content (AvgIpc) is 0. The van der Waals surface area contributed by atoms with E-state index in [1.165, 1.54) is 0 Å². The fourth-order valence-electron chi connectivity index (χ4n) is 0. The molecule has 0 heterocycles. The molecule has 4 heavy (non-hydrogen) atoms. The van der Waals surface area contributed by atoms with Crippen molar-refractivity contribution in [3.05, 3.63) is 0 Å². The van der Waals surface area contributed by atoms with Crippen molar-refractivity contribution in [2.24, 2.45) is 0 Å². The molecular formula is H4BaCl2O. The van der Waals surface area contributed by atoms with Gasteiger partial charge in [-0.1, -0.05) is 0 Å². The molecule has 0 rings (SSSR count). The number of rotatable bonds is 0. The maximum Gasteiger partial charge on any atom is 0 e. The average molecular weight is 228 g/mol. The van der Waals surface area contributed by atoms with Crippen molar-refractivity contribution in [3.63, 3.8) is 0 Å². The van der Waals surface area contributed by atoms with Gasteiger partial charge in [0.2, 0.25) is 0 Å². The normalized spacial score (nSPS) is 0. The molecule has 0 bridgehead atoms. The smallest absolute Gasteiger partial charge is 0 e. The van der Waals surface area contributed by atoms with Gasteiger partial charge in [-0.15, -0.1) is 24.8 Å². The molecule has 26 valence electrons. The van der Waals surface area contributed by atoms with E-state index in [0.29, 0.717) is 0 Å². The SMILES string of the molecule is Cl.Cl.O.[Ba]. The van der Waals surface area contributed by atoms with Crippen LogP contribution in [0.3, 0.4) is 0 Å². The molecule has 0 aliphatic carbocycles. The minimum absolute atomic E-state index is 0. The molecule has 0 saturated carbocycles. The zero-order chi connectivity index (χ0) is 0. The molecule has 4 heteroatoms. The monoisotopic (exact) mass is 228 g/mol. The van der Waals surface area contributed by atoms with Gasteiger partial charge in [0.1, 0.15) is 0 Å². The Bertz CT molecular complexity index is 6.00. The van der Waals surface area contributed by atoms with Gasteiger partial charge in [0.15, 0.2) is 0 Å². The van der Waals surface area contributed by atoms with Crippen molar-refractivity contribution in [1.29, 1.82) is 0 Å². The second-order valence-corrected chi connectivity index (χ2v) is 0. The van der Waals surface area contributed by atoms with Crippen LogP contribution in [-0.2, 0) is 0 Å². The summed E-state index contributed by atoms with van der Waals surface area (Å²) in [5.41, 5.74) is 0. The molecule has 0 aromatic rings. The zero-order valence-corrected chi connectivity index (χ0v) is 8.10.